The highest BCUT2D eigenvalue weighted by molar-refractivity contribution is 6.36. The largest absolute Gasteiger partial charge is 0.465 e. The lowest BCUT2D eigenvalue weighted by atomic mass is 9.99. The molecule has 41 heavy (non-hydrogen) atoms. The van der Waals surface area contributed by atoms with Gasteiger partial charge in [0.05, 0.1) is 24.0 Å². The fraction of sp³-hybridized carbons (Fsp3) is 0.367. The zero-order valence-electron chi connectivity index (χ0n) is 22.7. The van der Waals surface area contributed by atoms with Crippen molar-refractivity contribution in [3.05, 3.63) is 53.7 Å². The van der Waals surface area contributed by atoms with Crippen molar-refractivity contribution in [3.8, 4) is 23.2 Å². The molecule has 0 bridgehead atoms. The molecule has 2 aromatic heterocycles. The monoisotopic (exact) mass is 571 g/mol. The molecule has 2 atom stereocenters. The lowest BCUT2D eigenvalue weighted by molar-refractivity contribution is 0.119. The van der Waals surface area contributed by atoms with E-state index in [9.17, 15) is 15.2 Å². The van der Waals surface area contributed by atoms with E-state index < -0.39 is 12.1 Å². The number of halogens is 1. The van der Waals surface area contributed by atoms with Gasteiger partial charge in [0.1, 0.15) is 12.1 Å². The first kappa shape index (κ1) is 27.0. The minimum absolute atomic E-state index is 0.0859. The number of benzene rings is 2. The van der Waals surface area contributed by atoms with Gasteiger partial charge in [-0.3, -0.25) is 4.98 Å². The Morgan fingerprint density at radius 3 is 2.76 bits per heavy atom. The van der Waals surface area contributed by atoms with Crippen molar-refractivity contribution >= 4 is 45.3 Å². The number of carbonyl (C=O) groups is 1. The maximum absolute atomic E-state index is 11.8. The molecule has 1 amide bonds. The Hall–Kier alpha value is -4.20. The van der Waals surface area contributed by atoms with Crippen LogP contribution in [-0.2, 0) is 0 Å². The molecule has 6 rings (SSSR count). The van der Waals surface area contributed by atoms with Crippen molar-refractivity contribution in [3.63, 3.8) is 0 Å². The molecule has 210 valence electrons. The molecule has 0 spiro atoms. The molecule has 1 N–H and O–H groups in total. The summed E-state index contributed by atoms with van der Waals surface area (Å²) in [6, 6.07) is 16.0. The van der Waals surface area contributed by atoms with Crippen LogP contribution in [0, 0.1) is 11.3 Å². The minimum atomic E-state index is -1.03. The van der Waals surface area contributed by atoms with E-state index in [1.807, 2.05) is 47.4 Å². The fourth-order valence-corrected chi connectivity index (χ4v) is 6.17. The van der Waals surface area contributed by atoms with E-state index in [0.29, 0.717) is 47.6 Å². The molecule has 11 heteroatoms. The maximum Gasteiger partial charge on any atom is 0.407 e. The molecule has 2 unspecified atom stereocenters. The third-order valence-electron chi connectivity index (χ3n) is 8.09. The molecule has 0 saturated carbocycles. The predicted molar refractivity (Wildman–Crippen MR) is 157 cm³/mol. The molecule has 2 aliphatic heterocycles. The number of likely N-dealkylation sites (N-methyl/N-ethyl adjacent to an activating group) is 1. The molecule has 10 nitrogen and oxygen atoms in total. The van der Waals surface area contributed by atoms with E-state index in [2.05, 4.69) is 18.0 Å². The number of aromatic nitrogens is 3. The summed E-state index contributed by atoms with van der Waals surface area (Å²) in [6.07, 6.45) is 3.03. The van der Waals surface area contributed by atoms with Crippen LogP contribution in [0.4, 0.5) is 10.6 Å². The van der Waals surface area contributed by atoms with E-state index in [0.717, 1.165) is 41.3 Å². The average molecular weight is 572 g/mol. The highest BCUT2D eigenvalue weighted by Crippen LogP contribution is 2.36. The number of rotatable bonds is 6. The number of hydrogen-bond donors (Lipinski definition) is 1. The van der Waals surface area contributed by atoms with Crippen molar-refractivity contribution in [2.24, 2.45) is 0 Å². The number of hydrogen-bond acceptors (Lipinski definition) is 8. The summed E-state index contributed by atoms with van der Waals surface area (Å²) in [5.74, 6) is 0.570. The quantitative estimate of drug-likeness (QED) is 0.339. The Labute approximate surface area is 242 Å². The average Bonchev–Trinajstić information content (AvgIpc) is 3.39. The van der Waals surface area contributed by atoms with Gasteiger partial charge in [0.2, 0.25) is 0 Å². The van der Waals surface area contributed by atoms with E-state index in [1.165, 1.54) is 4.90 Å². The van der Waals surface area contributed by atoms with Gasteiger partial charge in [-0.15, -0.1) is 0 Å². The third-order valence-corrected chi connectivity index (χ3v) is 8.41. The van der Waals surface area contributed by atoms with Crippen LogP contribution in [0.15, 0.2) is 48.7 Å². The van der Waals surface area contributed by atoms with Crippen LogP contribution in [0.25, 0.3) is 32.9 Å². The van der Waals surface area contributed by atoms with Crippen molar-refractivity contribution in [2.45, 2.75) is 31.3 Å². The lowest BCUT2D eigenvalue weighted by Gasteiger charge is -2.39. The van der Waals surface area contributed by atoms with Gasteiger partial charge < -0.3 is 24.5 Å². The molecule has 0 radical (unpaired) electrons. The van der Waals surface area contributed by atoms with Crippen LogP contribution >= 0.6 is 11.6 Å². The van der Waals surface area contributed by atoms with Crippen LogP contribution in [0.2, 0.25) is 5.02 Å². The number of anilines is 1. The molecule has 2 aliphatic rings. The number of pyridine rings is 1. The summed E-state index contributed by atoms with van der Waals surface area (Å²) in [5.41, 5.74) is 3.01. The van der Waals surface area contributed by atoms with Crippen molar-refractivity contribution < 1.29 is 14.6 Å². The predicted octanol–water partition coefficient (Wildman–Crippen LogP) is 5.05. The fourth-order valence-electron chi connectivity index (χ4n) is 5.89. The highest BCUT2D eigenvalue weighted by Gasteiger charge is 2.32. The van der Waals surface area contributed by atoms with Crippen molar-refractivity contribution in [1.82, 2.24) is 24.8 Å². The van der Waals surface area contributed by atoms with E-state index in [4.69, 9.17) is 31.3 Å². The summed E-state index contributed by atoms with van der Waals surface area (Å²) in [5, 5.41) is 21.7. The van der Waals surface area contributed by atoms with Gasteiger partial charge in [-0.25, -0.2) is 4.79 Å². The number of piperazine rings is 1. The second-order valence-corrected chi connectivity index (χ2v) is 11.0. The Balaban J connectivity index is 1.42. The number of nitriles is 1. The summed E-state index contributed by atoms with van der Waals surface area (Å²) >= 11 is 6.63. The first-order valence-electron chi connectivity index (χ1n) is 13.7. The number of nitrogens with zero attached hydrogens (tertiary/aromatic N) is 7. The molecule has 2 aromatic carbocycles. The Morgan fingerprint density at radius 2 is 2.00 bits per heavy atom. The third kappa shape index (κ3) is 5.31. The van der Waals surface area contributed by atoms with Gasteiger partial charge in [-0.1, -0.05) is 41.9 Å². The second-order valence-electron chi connectivity index (χ2n) is 10.6. The highest BCUT2D eigenvalue weighted by atomic mass is 35.5. The Bertz CT molecular complexity index is 1650. The standard InChI is InChI=1S/C30H30ClN7O3/c1-36-12-4-7-22(36)18-41-29-34-25-15-20(23-8-2-5-19-6-3-9-24(31)26(19)23)16-33-27(25)28(35-29)37-13-14-38(30(39)40)21(17-37)10-11-32/h2-3,5-6,8-9,15-16,21-22H,4,7,10,12-14,17-18H2,1H3,(H,39,40). The SMILES string of the molecule is CN1CCCC1COc1nc(N2CCN(C(=O)O)C(CC#N)C2)c2ncc(-c3cccc4cccc(Cl)c34)cc2n1. The van der Waals surface area contributed by atoms with Gasteiger partial charge in [0.15, 0.2) is 5.82 Å². The second kappa shape index (κ2) is 11.4. The van der Waals surface area contributed by atoms with E-state index >= 15 is 0 Å². The minimum Gasteiger partial charge on any atom is -0.465 e. The zero-order valence-corrected chi connectivity index (χ0v) is 23.5. The number of carboxylic acid groups (broad SMARTS) is 1. The summed E-state index contributed by atoms with van der Waals surface area (Å²) in [4.78, 5) is 31.8. The molecule has 4 aromatic rings. The van der Waals surface area contributed by atoms with Crippen LogP contribution in [-0.4, -0.2) is 87.9 Å². The number of likely N-dealkylation sites (tertiary alicyclic amines) is 1. The first-order chi connectivity index (χ1) is 19.9. The maximum atomic E-state index is 11.8. The Kier molecular flexibility index (Phi) is 7.47. The van der Waals surface area contributed by atoms with Crippen LogP contribution in [0.5, 0.6) is 6.01 Å². The van der Waals surface area contributed by atoms with Crippen LogP contribution < -0.4 is 9.64 Å². The van der Waals surface area contributed by atoms with Crippen LogP contribution in [0.1, 0.15) is 19.3 Å². The zero-order chi connectivity index (χ0) is 28.5. The number of ether oxygens (including phenoxy) is 1. The molecule has 0 aliphatic carbocycles. The smallest absolute Gasteiger partial charge is 0.407 e. The van der Waals surface area contributed by atoms with Gasteiger partial charge in [-0.05, 0) is 49.5 Å². The van der Waals surface area contributed by atoms with Gasteiger partial charge >= 0.3 is 12.1 Å². The van der Waals surface area contributed by atoms with Crippen molar-refractivity contribution in [1.29, 1.82) is 5.26 Å². The van der Waals surface area contributed by atoms with Crippen LogP contribution in [0.3, 0.4) is 0 Å². The molecule has 2 saturated heterocycles. The lowest BCUT2D eigenvalue weighted by Crippen LogP contribution is -2.55. The normalized spacial score (nSPS) is 19.5. The van der Waals surface area contributed by atoms with E-state index in [-0.39, 0.29) is 19.0 Å². The summed E-state index contributed by atoms with van der Waals surface area (Å²) in [7, 11) is 2.09. The molecule has 2 fully saturated rings. The topological polar surface area (TPSA) is 119 Å². The first-order valence-corrected chi connectivity index (χ1v) is 14.1. The molecular formula is C30H30ClN7O3. The van der Waals surface area contributed by atoms with Gasteiger partial charge in [0.25, 0.3) is 0 Å². The van der Waals surface area contributed by atoms with Gasteiger partial charge in [-0.2, -0.15) is 15.2 Å². The number of fused-ring (bicyclic) bond motifs is 2. The van der Waals surface area contributed by atoms with Crippen molar-refractivity contribution in [2.75, 3.05) is 44.7 Å². The summed E-state index contributed by atoms with van der Waals surface area (Å²) < 4.78 is 6.17. The number of amides is 1. The summed E-state index contributed by atoms with van der Waals surface area (Å²) in [6.45, 7) is 2.49. The Morgan fingerprint density at radius 1 is 1.17 bits per heavy atom. The van der Waals surface area contributed by atoms with Gasteiger partial charge in [0, 0.05) is 47.8 Å². The van der Waals surface area contributed by atoms with E-state index in [1.54, 1.807) is 6.20 Å². The molecule has 4 heterocycles. The molecular weight excluding hydrogens is 542 g/mol.